The van der Waals surface area contributed by atoms with Gasteiger partial charge in [-0.2, -0.15) is 0 Å². The Kier molecular flexibility index (Phi) is 7.68. The minimum atomic E-state index is 0.343. The van der Waals surface area contributed by atoms with Crippen LogP contribution in [-0.4, -0.2) is 38.4 Å². The Morgan fingerprint density at radius 1 is 0.714 bits per heavy atom. The van der Waals surface area contributed by atoms with Crippen LogP contribution >= 0.6 is 23.2 Å². The number of halogens is 2. The van der Waals surface area contributed by atoms with Gasteiger partial charge in [-0.3, -0.25) is 0 Å². The Hall–Kier alpha value is -3.42. The van der Waals surface area contributed by atoms with Gasteiger partial charge in [-0.05, 0) is 53.9 Å². The molecule has 0 unspecified atom stereocenters. The summed E-state index contributed by atoms with van der Waals surface area (Å²) in [5, 5.41) is 2.36. The topological polar surface area (TPSA) is 65.9 Å². The standard InChI is InChI=1S/C26H25Cl2N3O4/c1-32-19-5-7-22(34-3)17(9-19)14-31(15-18-10-20(33-2)6-8-23(18)35-4)26-21-13-29-24(27)11-16(21)12-25(28)30-26/h5-13H,14-15H2,1-4H3. The summed E-state index contributed by atoms with van der Waals surface area (Å²) >= 11 is 12.6. The number of aromatic nitrogens is 2. The zero-order valence-electron chi connectivity index (χ0n) is 19.8. The molecule has 0 amide bonds. The highest BCUT2D eigenvalue weighted by Crippen LogP contribution is 2.35. The van der Waals surface area contributed by atoms with E-state index in [0.717, 1.165) is 44.9 Å². The molecule has 4 rings (SSSR count). The van der Waals surface area contributed by atoms with Crippen LogP contribution in [0.5, 0.6) is 23.0 Å². The van der Waals surface area contributed by atoms with Crippen LogP contribution in [0.4, 0.5) is 5.82 Å². The van der Waals surface area contributed by atoms with Gasteiger partial charge in [0.05, 0.1) is 28.4 Å². The highest BCUT2D eigenvalue weighted by atomic mass is 35.5. The van der Waals surface area contributed by atoms with Gasteiger partial charge in [0.15, 0.2) is 0 Å². The van der Waals surface area contributed by atoms with Crippen molar-refractivity contribution in [3.8, 4) is 23.0 Å². The van der Waals surface area contributed by atoms with Gasteiger partial charge in [0.25, 0.3) is 0 Å². The van der Waals surface area contributed by atoms with Crippen molar-refractivity contribution < 1.29 is 18.9 Å². The number of nitrogens with zero attached hydrogens (tertiary/aromatic N) is 3. The molecule has 182 valence electrons. The van der Waals surface area contributed by atoms with Crippen molar-refractivity contribution in [3.05, 3.63) is 76.2 Å². The van der Waals surface area contributed by atoms with Crippen LogP contribution in [0.2, 0.25) is 10.3 Å². The van der Waals surface area contributed by atoms with Gasteiger partial charge in [-0.25, -0.2) is 9.97 Å². The molecule has 2 aromatic heterocycles. The van der Waals surface area contributed by atoms with E-state index in [9.17, 15) is 0 Å². The van der Waals surface area contributed by atoms with Crippen LogP contribution in [0.25, 0.3) is 10.8 Å². The Morgan fingerprint density at radius 3 is 1.77 bits per heavy atom. The molecular weight excluding hydrogens is 489 g/mol. The first-order valence-corrected chi connectivity index (χ1v) is 11.5. The van der Waals surface area contributed by atoms with Crippen LogP contribution in [0.15, 0.2) is 54.7 Å². The zero-order valence-corrected chi connectivity index (χ0v) is 21.4. The lowest BCUT2D eigenvalue weighted by atomic mass is 10.1. The van der Waals surface area contributed by atoms with E-state index in [1.807, 2.05) is 36.4 Å². The van der Waals surface area contributed by atoms with E-state index >= 15 is 0 Å². The summed E-state index contributed by atoms with van der Waals surface area (Å²) in [7, 11) is 6.54. The lowest BCUT2D eigenvalue weighted by Crippen LogP contribution is -2.24. The molecule has 0 atom stereocenters. The fraction of sp³-hybridized carbons (Fsp3) is 0.231. The normalized spacial score (nSPS) is 10.8. The molecule has 7 nitrogen and oxygen atoms in total. The molecule has 0 aliphatic heterocycles. The van der Waals surface area contributed by atoms with Gasteiger partial charge in [-0.1, -0.05) is 23.2 Å². The number of ether oxygens (including phenoxy) is 4. The molecule has 4 aromatic rings. The van der Waals surface area contributed by atoms with E-state index in [-0.39, 0.29) is 0 Å². The van der Waals surface area contributed by atoms with E-state index in [4.69, 9.17) is 42.1 Å². The van der Waals surface area contributed by atoms with E-state index in [1.54, 1.807) is 46.8 Å². The first-order valence-electron chi connectivity index (χ1n) is 10.7. The lowest BCUT2D eigenvalue weighted by molar-refractivity contribution is 0.396. The first-order chi connectivity index (χ1) is 16.9. The summed E-state index contributed by atoms with van der Waals surface area (Å²) < 4.78 is 22.2. The number of benzene rings is 2. The number of hydrogen-bond donors (Lipinski definition) is 0. The van der Waals surface area contributed by atoms with E-state index in [0.29, 0.717) is 29.2 Å². The van der Waals surface area contributed by atoms with Gasteiger partial charge in [0, 0.05) is 35.8 Å². The summed E-state index contributed by atoms with van der Waals surface area (Å²) in [6.07, 6.45) is 1.70. The molecule has 0 saturated heterocycles. The summed E-state index contributed by atoms with van der Waals surface area (Å²) in [6.45, 7) is 0.873. The second kappa shape index (κ2) is 10.9. The van der Waals surface area contributed by atoms with Crippen LogP contribution in [0, 0.1) is 0 Å². The van der Waals surface area contributed by atoms with E-state index in [2.05, 4.69) is 14.9 Å². The second-order valence-corrected chi connectivity index (χ2v) is 8.48. The third-order valence-electron chi connectivity index (χ3n) is 5.63. The summed E-state index contributed by atoms with van der Waals surface area (Å²) in [4.78, 5) is 11.0. The van der Waals surface area contributed by atoms with Gasteiger partial charge >= 0.3 is 0 Å². The number of hydrogen-bond acceptors (Lipinski definition) is 7. The third kappa shape index (κ3) is 5.47. The molecule has 2 aromatic carbocycles. The molecule has 2 heterocycles. The van der Waals surface area contributed by atoms with Crippen molar-refractivity contribution in [1.82, 2.24) is 9.97 Å². The van der Waals surface area contributed by atoms with Crippen molar-refractivity contribution in [3.63, 3.8) is 0 Å². The molecule has 35 heavy (non-hydrogen) atoms. The Bertz CT molecular complexity index is 1290. The lowest BCUT2D eigenvalue weighted by Gasteiger charge is -2.27. The Balaban J connectivity index is 1.88. The van der Waals surface area contributed by atoms with Crippen LogP contribution in [-0.2, 0) is 13.1 Å². The van der Waals surface area contributed by atoms with Crippen molar-refractivity contribution in [2.24, 2.45) is 0 Å². The molecule has 0 radical (unpaired) electrons. The molecule has 0 N–H and O–H groups in total. The summed E-state index contributed by atoms with van der Waals surface area (Å²) in [5.41, 5.74) is 1.82. The smallest absolute Gasteiger partial charge is 0.140 e. The molecule has 9 heteroatoms. The fourth-order valence-corrected chi connectivity index (χ4v) is 4.31. The molecule has 0 fully saturated rings. The maximum atomic E-state index is 6.45. The van der Waals surface area contributed by atoms with Gasteiger partial charge < -0.3 is 23.8 Å². The zero-order chi connectivity index (χ0) is 24.9. The molecular formula is C26H25Cl2N3O4. The highest BCUT2D eigenvalue weighted by molar-refractivity contribution is 6.31. The van der Waals surface area contributed by atoms with Gasteiger partial charge in [0.1, 0.15) is 39.1 Å². The minimum Gasteiger partial charge on any atom is -0.497 e. The van der Waals surface area contributed by atoms with Gasteiger partial charge in [0.2, 0.25) is 0 Å². The maximum absolute atomic E-state index is 6.45. The first kappa shape index (κ1) is 24.7. The van der Waals surface area contributed by atoms with Crippen molar-refractivity contribution >= 4 is 39.8 Å². The number of fused-ring (bicyclic) bond motifs is 1. The number of anilines is 1. The predicted molar refractivity (Wildman–Crippen MR) is 139 cm³/mol. The molecule has 0 spiro atoms. The average Bonchev–Trinajstić information content (AvgIpc) is 2.87. The van der Waals surface area contributed by atoms with Crippen LogP contribution < -0.4 is 23.8 Å². The van der Waals surface area contributed by atoms with Crippen molar-refractivity contribution in [2.75, 3.05) is 33.3 Å². The van der Waals surface area contributed by atoms with Crippen LogP contribution in [0.3, 0.4) is 0 Å². The van der Waals surface area contributed by atoms with Crippen molar-refractivity contribution in [2.45, 2.75) is 13.1 Å². The second-order valence-electron chi connectivity index (χ2n) is 7.71. The number of pyridine rings is 2. The summed E-state index contributed by atoms with van der Waals surface area (Å²) in [5.74, 6) is 3.53. The number of methoxy groups -OCH3 is 4. The maximum Gasteiger partial charge on any atom is 0.140 e. The molecule has 0 saturated carbocycles. The van der Waals surface area contributed by atoms with Crippen molar-refractivity contribution in [1.29, 1.82) is 0 Å². The fourth-order valence-electron chi connectivity index (χ4n) is 3.94. The largest absolute Gasteiger partial charge is 0.497 e. The minimum absolute atomic E-state index is 0.343. The van der Waals surface area contributed by atoms with Gasteiger partial charge in [-0.15, -0.1) is 0 Å². The highest BCUT2D eigenvalue weighted by Gasteiger charge is 2.20. The molecule has 0 aliphatic rings. The molecule has 0 aliphatic carbocycles. The average molecular weight is 514 g/mol. The Morgan fingerprint density at radius 2 is 1.26 bits per heavy atom. The third-order valence-corrected chi connectivity index (χ3v) is 6.03. The van der Waals surface area contributed by atoms with E-state index in [1.165, 1.54) is 0 Å². The monoisotopic (exact) mass is 513 g/mol. The van der Waals surface area contributed by atoms with Crippen LogP contribution in [0.1, 0.15) is 11.1 Å². The predicted octanol–water partition coefficient (Wildman–Crippen LogP) is 6.18. The summed E-state index contributed by atoms with van der Waals surface area (Å²) in [6, 6.07) is 14.9. The van der Waals surface area contributed by atoms with E-state index < -0.39 is 0 Å². The Labute approximate surface area is 214 Å². The quantitative estimate of drug-likeness (QED) is 0.247. The molecule has 0 bridgehead atoms. The SMILES string of the molecule is COc1ccc(OC)c(CN(Cc2cc(OC)ccc2OC)c2nc(Cl)cc3cc(Cl)ncc23)c1. The number of rotatable bonds is 9.